The van der Waals surface area contributed by atoms with Crippen LogP contribution in [-0.4, -0.2) is 30.5 Å². The number of nitrogens with zero attached hydrogens (tertiary/aromatic N) is 1. The zero-order chi connectivity index (χ0) is 14.3. The molecule has 0 aliphatic heterocycles. The average molecular weight is 264 g/mol. The molecule has 0 radical (unpaired) electrons. The molecule has 1 aromatic heterocycles. The smallest absolute Gasteiger partial charge is 0.318 e. The van der Waals surface area contributed by atoms with Crippen LogP contribution in [0.3, 0.4) is 0 Å². The molecule has 0 bridgehead atoms. The quantitative estimate of drug-likeness (QED) is 0.619. The summed E-state index contributed by atoms with van der Waals surface area (Å²) in [6, 6.07) is 5.63. The Bertz CT molecular complexity index is 418. The van der Waals surface area contributed by atoms with Gasteiger partial charge in [-0.1, -0.05) is 19.9 Å². The number of hydrogen-bond donors (Lipinski definition) is 1. The highest BCUT2D eigenvalue weighted by atomic mass is 16.5. The van der Waals surface area contributed by atoms with Crippen molar-refractivity contribution in [3.05, 3.63) is 30.1 Å². The number of esters is 1. The molecule has 0 aliphatic rings. The summed E-state index contributed by atoms with van der Waals surface area (Å²) >= 11 is 0. The van der Waals surface area contributed by atoms with Crippen LogP contribution >= 0.6 is 0 Å². The maximum atomic E-state index is 11.9. The summed E-state index contributed by atoms with van der Waals surface area (Å²) in [7, 11) is 1.29. The van der Waals surface area contributed by atoms with E-state index in [1.54, 1.807) is 6.20 Å². The molecule has 5 nitrogen and oxygen atoms in total. The molecule has 1 aromatic rings. The van der Waals surface area contributed by atoms with E-state index in [4.69, 9.17) is 0 Å². The van der Waals surface area contributed by atoms with E-state index in [0.29, 0.717) is 13.0 Å². The van der Waals surface area contributed by atoms with Crippen molar-refractivity contribution in [3.8, 4) is 0 Å². The number of rotatable bonds is 6. The van der Waals surface area contributed by atoms with Gasteiger partial charge in [-0.3, -0.25) is 14.6 Å². The number of pyridine rings is 1. The molecule has 1 rings (SSSR count). The average Bonchev–Trinajstić information content (AvgIpc) is 2.39. The summed E-state index contributed by atoms with van der Waals surface area (Å²) in [6.07, 6.45) is 2.35. The Labute approximate surface area is 113 Å². The monoisotopic (exact) mass is 264 g/mol. The summed E-state index contributed by atoms with van der Waals surface area (Å²) in [6.45, 7) is 4.09. The number of ether oxygens (including phenoxy) is 1. The van der Waals surface area contributed by atoms with Gasteiger partial charge < -0.3 is 10.1 Å². The van der Waals surface area contributed by atoms with Crippen molar-refractivity contribution in [1.82, 2.24) is 10.3 Å². The standard InChI is InChI=1S/C14H20N2O3/c1-10(2)12(14(18)19-3)13(17)16-9-7-11-6-4-5-8-15-11/h4-6,8,10,12H,7,9H2,1-3H3,(H,16,17). The lowest BCUT2D eigenvalue weighted by Crippen LogP contribution is -2.39. The minimum Gasteiger partial charge on any atom is -0.468 e. The van der Waals surface area contributed by atoms with E-state index in [2.05, 4.69) is 15.0 Å². The van der Waals surface area contributed by atoms with Gasteiger partial charge in [0.25, 0.3) is 0 Å². The number of aromatic nitrogens is 1. The van der Waals surface area contributed by atoms with Gasteiger partial charge in [-0.25, -0.2) is 0 Å². The minimum atomic E-state index is -0.756. The van der Waals surface area contributed by atoms with E-state index in [0.717, 1.165) is 5.69 Å². The van der Waals surface area contributed by atoms with Crippen molar-refractivity contribution in [2.75, 3.05) is 13.7 Å². The third-order valence-corrected chi connectivity index (χ3v) is 2.81. The van der Waals surface area contributed by atoms with Gasteiger partial charge in [0.05, 0.1) is 7.11 Å². The first-order valence-electron chi connectivity index (χ1n) is 6.31. The summed E-state index contributed by atoms with van der Waals surface area (Å²) in [4.78, 5) is 27.6. The van der Waals surface area contributed by atoms with Crippen molar-refractivity contribution in [2.45, 2.75) is 20.3 Å². The lowest BCUT2D eigenvalue weighted by atomic mass is 9.95. The van der Waals surface area contributed by atoms with Crippen LogP contribution in [0.4, 0.5) is 0 Å². The summed E-state index contributed by atoms with van der Waals surface area (Å²) in [5.74, 6) is -1.64. The Hall–Kier alpha value is -1.91. The van der Waals surface area contributed by atoms with Gasteiger partial charge in [-0.2, -0.15) is 0 Å². The molecule has 0 aliphatic carbocycles. The molecule has 0 aromatic carbocycles. The number of carbonyl (C=O) groups is 2. The van der Waals surface area contributed by atoms with Gasteiger partial charge in [0.2, 0.25) is 5.91 Å². The van der Waals surface area contributed by atoms with Gasteiger partial charge in [-0.15, -0.1) is 0 Å². The van der Waals surface area contributed by atoms with Crippen molar-refractivity contribution in [3.63, 3.8) is 0 Å². The Morgan fingerprint density at radius 3 is 2.63 bits per heavy atom. The second-order valence-corrected chi connectivity index (χ2v) is 4.61. The van der Waals surface area contributed by atoms with Crippen molar-refractivity contribution in [1.29, 1.82) is 0 Å². The van der Waals surface area contributed by atoms with Crippen LogP contribution in [0.5, 0.6) is 0 Å². The largest absolute Gasteiger partial charge is 0.468 e. The van der Waals surface area contributed by atoms with Crippen molar-refractivity contribution >= 4 is 11.9 Å². The predicted octanol–water partition coefficient (Wildman–Crippen LogP) is 1.19. The van der Waals surface area contributed by atoms with E-state index in [9.17, 15) is 9.59 Å². The normalized spacial score (nSPS) is 12.0. The molecule has 0 fully saturated rings. The van der Waals surface area contributed by atoms with Crippen molar-refractivity contribution in [2.24, 2.45) is 11.8 Å². The number of amides is 1. The molecule has 1 N–H and O–H groups in total. The van der Waals surface area contributed by atoms with Gasteiger partial charge >= 0.3 is 5.97 Å². The fraction of sp³-hybridized carbons (Fsp3) is 0.500. The molecule has 1 heterocycles. The van der Waals surface area contributed by atoms with Crippen LogP contribution < -0.4 is 5.32 Å². The van der Waals surface area contributed by atoms with Crippen LogP contribution in [0.1, 0.15) is 19.5 Å². The summed E-state index contributed by atoms with van der Waals surface area (Å²) in [5, 5.41) is 2.75. The first kappa shape index (κ1) is 15.1. The number of carbonyl (C=O) groups excluding carboxylic acids is 2. The zero-order valence-corrected chi connectivity index (χ0v) is 11.6. The van der Waals surface area contributed by atoms with Crippen LogP contribution in [0.2, 0.25) is 0 Å². The molecule has 0 saturated carbocycles. The summed E-state index contributed by atoms with van der Waals surface area (Å²) in [5.41, 5.74) is 0.905. The molecule has 0 saturated heterocycles. The van der Waals surface area contributed by atoms with Gasteiger partial charge in [0.1, 0.15) is 5.92 Å². The van der Waals surface area contributed by atoms with Crippen LogP contribution in [0, 0.1) is 11.8 Å². The highest BCUT2D eigenvalue weighted by molar-refractivity contribution is 5.97. The predicted molar refractivity (Wildman–Crippen MR) is 71.3 cm³/mol. The van der Waals surface area contributed by atoms with Crippen molar-refractivity contribution < 1.29 is 14.3 Å². The van der Waals surface area contributed by atoms with Crippen LogP contribution in [-0.2, 0) is 20.7 Å². The molecule has 104 valence electrons. The first-order chi connectivity index (χ1) is 9.06. The number of methoxy groups -OCH3 is 1. The Balaban J connectivity index is 2.47. The lowest BCUT2D eigenvalue weighted by Gasteiger charge is -2.17. The van der Waals surface area contributed by atoms with Gasteiger partial charge in [-0.05, 0) is 18.1 Å². The van der Waals surface area contributed by atoms with E-state index in [1.807, 2.05) is 32.0 Å². The molecule has 0 spiro atoms. The van der Waals surface area contributed by atoms with E-state index < -0.39 is 11.9 Å². The molecular formula is C14H20N2O3. The van der Waals surface area contributed by atoms with Crippen LogP contribution in [0.25, 0.3) is 0 Å². The molecule has 1 amide bonds. The number of hydrogen-bond acceptors (Lipinski definition) is 4. The van der Waals surface area contributed by atoms with Gasteiger partial charge in [0.15, 0.2) is 0 Å². The molecular weight excluding hydrogens is 244 g/mol. The Kier molecular flexibility index (Phi) is 5.99. The maximum Gasteiger partial charge on any atom is 0.318 e. The maximum absolute atomic E-state index is 11.9. The number of nitrogens with one attached hydrogen (secondary N) is 1. The summed E-state index contributed by atoms with van der Waals surface area (Å²) < 4.78 is 4.65. The molecule has 5 heteroatoms. The second kappa shape index (κ2) is 7.51. The highest BCUT2D eigenvalue weighted by Gasteiger charge is 2.30. The second-order valence-electron chi connectivity index (χ2n) is 4.61. The third kappa shape index (κ3) is 4.69. The SMILES string of the molecule is COC(=O)C(C(=O)NCCc1ccccn1)C(C)C. The molecule has 1 atom stereocenters. The molecule has 1 unspecified atom stereocenters. The Morgan fingerprint density at radius 2 is 2.11 bits per heavy atom. The zero-order valence-electron chi connectivity index (χ0n) is 11.6. The topological polar surface area (TPSA) is 68.3 Å². The van der Waals surface area contributed by atoms with E-state index >= 15 is 0 Å². The first-order valence-corrected chi connectivity index (χ1v) is 6.31. The molecule has 19 heavy (non-hydrogen) atoms. The van der Waals surface area contributed by atoms with E-state index in [1.165, 1.54) is 7.11 Å². The lowest BCUT2D eigenvalue weighted by molar-refractivity contribution is -0.151. The minimum absolute atomic E-state index is 0.0951. The highest BCUT2D eigenvalue weighted by Crippen LogP contribution is 2.12. The fourth-order valence-corrected chi connectivity index (χ4v) is 1.78. The Morgan fingerprint density at radius 1 is 1.37 bits per heavy atom. The van der Waals surface area contributed by atoms with E-state index in [-0.39, 0.29) is 11.8 Å². The third-order valence-electron chi connectivity index (χ3n) is 2.81. The van der Waals surface area contributed by atoms with Crippen LogP contribution in [0.15, 0.2) is 24.4 Å². The van der Waals surface area contributed by atoms with Gasteiger partial charge in [0, 0.05) is 24.9 Å². The fourth-order valence-electron chi connectivity index (χ4n) is 1.78.